The van der Waals surface area contributed by atoms with E-state index in [9.17, 15) is 0 Å². The summed E-state index contributed by atoms with van der Waals surface area (Å²) in [5, 5.41) is 0. The first-order chi connectivity index (χ1) is 11.6. The fraction of sp³-hybridized carbons (Fsp3) is 0.700. The number of hydrogen-bond donors (Lipinski definition) is 0. The second kappa shape index (κ2) is 7.53. The van der Waals surface area contributed by atoms with Crippen LogP contribution in [0.1, 0.15) is 56.6 Å². The molecule has 2 aliphatic rings. The average molecular weight is 353 g/mol. The Balaban J connectivity index is 2.02. The molecule has 2 atom stereocenters. The first-order valence-corrected chi connectivity index (χ1v) is 9.64. The van der Waals surface area contributed by atoms with Crippen molar-refractivity contribution in [3.63, 3.8) is 0 Å². The quantitative estimate of drug-likeness (QED) is 0.669. The molecule has 134 valence electrons. The van der Waals surface area contributed by atoms with Gasteiger partial charge in [-0.3, -0.25) is 0 Å². The topological polar surface area (TPSA) is 27.7 Å². The average Bonchev–Trinajstić information content (AvgIpc) is 3.13. The summed E-state index contributed by atoms with van der Waals surface area (Å²) in [7, 11) is 3.40. The summed E-state index contributed by atoms with van der Waals surface area (Å²) in [6.07, 6.45) is 8.35. The lowest BCUT2D eigenvalue weighted by molar-refractivity contribution is -0.126. The summed E-state index contributed by atoms with van der Waals surface area (Å²) in [6, 6.07) is 4.22. The smallest absolute Gasteiger partial charge is 0.167 e. The van der Waals surface area contributed by atoms with Crippen LogP contribution in [0.2, 0.25) is 0 Å². The first-order valence-electron chi connectivity index (χ1n) is 9.11. The Labute approximate surface area is 150 Å². The van der Waals surface area contributed by atoms with E-state index in [1.807, 2.05) is 6.07 Å². The van der Waals surface area contributed by atoms with Crippen LogP contribution in [-0.2, 0) is 16.8 Å². The number of hydrogen-bond acceptors (Lipinski definition) is 3. The van der Waals surface area contributed by atoms with E-state index in [1.54, 1.807) is 14.2 Å². The highest BCUT2D eigenvalue weighted by Crippen LogP contribution is 2.49. The molecule has 0 radical (unpaired) electrons. The van der Waals surface area contributed by atoms with Crippen molar-refractivity contribution >= 4 is 11.6 Å². The molecule has 1 saturated carbocycles. The van der Waals surface area contributed by atoms with Crippen molar-refractivity contribution in [2.75, 3.05) is 20.1 Å². The molecule has 3 rings (SSSR count). The molecule has 0 amide bonds. The molecule has 1 aliphatic carbocycles. The molecule has 1 heterocycles. The molecule has 1 aromatic rings. The molecule has 0 N–H and O–H groups in total. The summed E-state index contributed by atoms with van der Waals surface area (Å²) in [5.74, 6) is 2.92. The molecule has 3 nitrogen and oxygen atoms in total. The minimum Gasteiger partial charge on any atom is -0.493 e. The van der Waals surface area contributed by atoms with Gasteiger partial charge in [-0.05, 0) is 56.6 Å². The van der Waals surface area contributed by atoms with Crippen LogP contribution in [0.4, 0.5) is 0 Å². The van der Waals surface area contributed by atoms with Crippen molar-refractivity contribution in [1.29, 1.82) is 0 Å². The van der Waals surface area contributed by atoms with E-state index in [-0.39, 0.29) is 5.60 Å². The van der Waals surface area contributed by atoms with Crippen LogP contribution in [0.5, 0.6) is 11.5 Å². The molecular formula is C20H29ClO3. The Morgan fingerprint density at radius 3 is 2.58 bits per heavy atom. The molecular weight excluding hydrogens is 324 g/mol. The predicted molar refractivity (Wildman–Crippen MR) is 97.4 cm³/mol. The monoisotopic (exact) mass is 352 g/mol. The number of benzene rings is 1. The number of ether oxygens (including phenoxy) is 3. The Kier molecular flexibility index (Phi) is 5.61. The number of fused-ring (bicyclic) bond motifs is 1. The van der Waals surface area contributed by atoms with Gasteiger partial charge in [0.2, 0.25) is 0 Å². The van der Waals surface area contributed by atoms with Crippen molar-refractivity contribution in [1.82, 2.24) is 0 Å². The molecule has 1 aromatic carbocycles. The van der Waals surface area contributed by atoms with E-state index in [0.29, 0.717) is 17.9 Å². The van der Waals surface area contributed by atoms with Gasteiger partial charge in [0, 0.05) is 11.4 Å². The van der Waals surface area contributed by atoms with Crippen molar-refractivity contribution in [3.8, 4) is 11.5 Å². The maximum Gasteiger partial charge on any atom is 0.167 e. The lowest BCUT2D eigenvalue weighted by atomic mass is 9.79. The van der Waals surface area contributed by atoms with Gasteiger partial charge in [-0.15, -0.1) is 11.6 Å². The van der Waals surface area contributed by atoms with Crippen molar-refractivity contribution in [2.45, 2.75) is 63.6 Å². The summed E-state index contributed by atoms with van der Waals surface area (Å²) in [5.41, 5.74) is 2.13. The molecule has 0 bridgehead atoms. The third-order valence-corrected chi connectivity index (χ3v) is 5.97. The fourth-order valence-electron chi connectivity index (χ4n) is 4.55. The molecule has 1 fully saturated rings. The summed E-state index contributed by atoms with van der Waals surface area (Å²) >= 11 is 5.99. The van der Waals surface area contributed by atoms with Crippen LogP contribution in [0.3, 0.4) is 0 Å². The van der Waals surface area contributed by atoms with Crippen LogP contribution in [0.15, 0.2) is 12.1 Å². The second-order valence-electron chi connectivity index (χ2n) is 7.26. The number of rotatable bonds is 6. The zero-order valence-electron chi connectivity index (χ0n) is 15.1. The largest absolute Gasteiger partial charge is 0.493 e. The van der Waals surface area contributed by atoms with Gasteiger partial charge in [0.05, 0.1) is 25.9 Å². The minimum atomic E-state index is -0.365. The summed E-state index contributed by atoms with van der Waals surface area (Å²) in [6.45, 7) is 2.20. The van der Waals surface area contributed by atoms with Gasteiger partial charge in [0.25, 0.3) is 0 Å². The first kappa shape index (κ1) is 17.9. The van der Waals surface area contributed by atoms with Crippen LogP contribution < -0.4 is 9.47 Å². The standard InChI is InChI=1S/C20H29ClO3/c1-20(11-6-12-21)18-15(9-10-16(22-2)19(18)23-3)13-17(24-20)14-7-4-5-8-14/h9-10,14,17H,4-8,11-13H2,1-3H3. The van der Waals surface area contributed by atoms with Crippen molar-refractivity contribution < 1.29 is 14.2 Å². The lowest BCUT2D eigenvalue weighted by Crippen LogP contribution is -2.41. The minimum absolute atomic E-state index is 0.304. The van der Waals surface area contributed by atoms with E-state index >= 15 is 0 Å². The Bertz CT molecular complexity index is 568. The van der Waals surface area contributed by atoms with Gasteiger partial charge in [-0.1, -0.05) is 18.9 Å². The van der Waals surface area contributed by atoms with Crippen LogP contribution in [-0.4, -0.2) is 26.2 Å². The van der Waals surface area contributed by atoms with Gasteiger partial charge < -0.3 is 14.2 Å². The van der Waals surface area contributed by atoms with Gasteiger partial charge in [-0.2, -0.15) is 0 Å². The molecule has 1 aliphatic heterocycles. The normalized spacial score (nSPS) is 27.1. The Morgan fingerprint density at radius 1 is 1.21 bits per heavy atom. The highest BCUT2D eigenvalue weighted by atomic mass is 35.5. The molecule has 2 unspecified atom stereocenters. The summed E-state index contributed by atoms with van der Waals surface area (Å²) < 4.78 is 18.0. The number of methoxy groups -OCH3 is 2. The molecule has 0 aromatic heterocycles. The second-order valence-corrected chi connectivity index (χ2v) is 7.64. The molecule has 4 heteroatoms. The Morgan fingerprint density at radius 2 is 1.96 bits per heavy atom. The third-order valence-electron chi connectivity index (χ3n) is 5.71. The Hall–Kier alpha value is -0.930. The zero-order valence-corrected chi connectivity index (χ0v) is 15.8. The van der Waals surface area contributed by atoms with E-state index in [4.69, 9.17) is 25.8 Å². The SMILES string of the molecule is COc1ccc2c(c1OC)C(C)(CCCCl)OC(C1CCCC1)C2. The highest BCUT2D eigenvalue weighted by molar-refractivity contribution is 6.17. The third kappa shape index (κ3) is 3.25. The van der Waals surface area contributed by atoms with Gasteiger partial charge in [-0.25, -0.2) is 0 Å². The number of halogens is 1. The number of alkyl halides is 1. The van der Waals surface area contributed by atoms with Crippen molar-refractivity contribution in [2.24, 2.45) is 5.92 Å². The zero-order chi connectivity index (χ0) is 17.2. The van der Waals surface area contributed by atoms with Crippen LogP contribution >= 0.6 is 11.6 Å². The fourth-order valence-corrected chi connectivity index (χ4v) is 4.68. The van der Waals surface area contributed by atoms with E-state index in [2.05, 4.69) is 13.0 Å². The van der Waals surface area contributed by atoms with E-state index in [0.717, 1.165) is 36.3 Å². The maximum absolute atomic E-state index is 6.73. The van der Waals surface area contributed by atoms with Crippen LogP contribution in [0.25, 0.3) is 0 Å². The van der Waals surface area contributed by atoms with Crippen LogP contribution in [0, 0.1) is 5.92 Å². The van der Waals surface area contributed by atoms with Gasteiger partial charge >= 0.3 is 0 Å². The molecule has 0 spiro atoms. The lowest BCUT2D eigenvalue weighted by Gasteiger charge is -2.43. The predicted octanol–water partition coefficient (Wildman–Crippen LogP) is 5.07. The summed E-state index contributed by atoms with van der Waals surface area (Å²) in [4.78, 5) is 0. The van der Waals surface area contributed by atoms with E-state index in [1.165, 1.54) is 31.2 Å². The van der Waals surface area contributed by atoms with Gasteiger partial charge in [0.15, 0.2) is 11.5 Å². The maximum atomic E-state index is 6.73. The molecule has 0 saturated heterocycles. The molecule has 24 heavy (non-hydrogen) atoms. The van der Waals surface area contributed by atoms with Gasteiger partial charge in [0.1, 0.15) is 0 Å². The highest BCUT2D eigenvalue weighted by Gasteiger charge is 2.43. The van der Waals surface area contributed by atoms with Crippen molar-refractivity contribution in [3.05, 3.63) is 23.3 Å². The van der Waals surface area contributed by atoms with E-state index < -0.39 is 0 Å².